The number of halogens is 1. The average molecular weight is 547 g/mol. The molecule has 170 valence electrons. The zero-order valence-corrected chi connectivity index (χ0v) is 20.6. The number of rotatable bonds is 7. The molecular weight excluding hydrogens is 517 g/mol. The van der Waals surface area contributed by atoms with E-state index >= 15 is 0 Å². The van der Waals surface area contributed by atoms with Crippen LogP contribution in [0.15, 0.2) is 76.4 Å². The highest BCUT2D eigenvalue weighted by molar-refractivity contribution is 14.0. The number of aromatic nitrogens is 1. The standard InChI is InChI=1S/C24H29N5O2.HI/c1-25-24(29-13-11-28(12-14-29)18-22-10-15-31-27-22)26-17-21-8-5-9-23(16-21)30-19-20-6-3-2-4-7-20;/h2-10,15-16H,11-14,17-19H2,1H3,(H,25,26);1H. The fourth-order valence-corrected chi connectivity index (χ4v) is 3.67. The fraction of sp³-hybridized carbons (Fsp3) is 0.333. The minimum absolute atomic E-state index is 0. The molecule has 1 aliphatic heterocycles. The number of guanidine groups is 1. The van der Waals surface area contributed by atoms with Crippen LogP contribution in [0.3, 0.4) is 0 Å². The Morgan fingerprint density at radius 2 is 1.81 bits per heavy atom. The minimum atomic E-state index is 0. The van der Waals surface area contributed by atoms with Gasteiger partial charge in [0, 0.05) is 52.4 Å². The lowest BCUT2D eigenvalue weighted by atomic mass is 10.2. The Balaban J connectivity index is 0.00000289. The van der Waals surface area contributed by atoms with Crippen LogP contribution >= 0.6 is 24.0 Å². The van der Waals surface area contributed by atoms with Crippen molar-refractivity contribution in [3.63, 3.8) is 0 Å². The van der Waals surface area contributed by atoms with Crippen LogP contribution in [0.2, 0.25) is 0 Å². The first kappa shape index (κ1) is 24.1. The molecule has 32 heavy (non-hydrogen) atoms. The van der Waals surface area contributed by atoms with Crippen LogP contribution in [0, 0.1) is 0 Å². The summed E-state index contributed by atoms with van der Waals surface area (Å²) in [6.45, 7) is 5.89. The van der Waals surface area contributed by atoms with Crippen molar-refractivity contribution in [1.82, 2.24) is 20.3 Å². The SMILES string of the molecule is CN=C(NCc1cccc(OCc2ccccc2)c1)N1CCN(Cc2ccon2)CC1.I. The summed E-state index contributed by atoms with van der Waals surface area (Å²) in [5, 5.41) is 7.50. The molecule has 1 aliphatic rings. The predicted molar refractivity (Wildman–Crippen MR) is 136 cm³/mol. The van der Waals surface area contributed by atoms with Gasteiger partial charge < -0.3 is 19.5 Å². The molecule has 0 radical (unpaired) electrons. The van der Waals surface area contributed by atoms with Crippen LogP contribution in [-0.2, 0) is 19.7 Å². The van der Waals surface area contributed by atoms with Crippen molar-refractivity contribution in [2.24, 2.45) is 4.99 Å². The monoisotopic (exact) mass is 547 g/mol. The summed E-state index contributed by atoms with van der Waals surface area (Å²) in [6.07, 6.45) is 1.62. The molecule has 8 heteroatoms. The molecule has 2 heterocycles. The van der Waals surface area contributed by atoms with Gasteiger partial charge in [-0.15, -0.1) is 24.0 Å². The van der Waals surface area contributed by atoms with E-state index in [2.05, 4.69) is 49.5 Å². The normalized spacial score (nSPS) is 14.7. The first-order valence-corrected chi connectivity index (χ1v) is 10.6. The predicted octanol–water partition coefficient (Wildman–Crippen LogP) is 3.76. The van der Waals surface area contributed by atoms with Crippen molar-refractivity contribution in [3.8, 4) is 5.75 Å². The van der Waals surface area contributed by atoms with E-state index in [1.54, 1.807) is 6.26 Å². The summed E-state index contributed by atoms with van der Waals surface area (Å²) in [4.78, 5) is 9.17. The van der Waals surface area contributed by atoms with Crippen molar-refractivity contribution in [2.45, 2.75) is 19.7 Å². The van der Waals surface area contributed by atoms with Crippen molar-refractivity contribution in [1.29, 1.82) is 0 Å². The summed E-state index contributed by atoms with van der Waals surface area (Å²) < 4.78 is 10.9. The Labute approximate surface area is 206 Å². The van der Waals surface area contributed by atoms with Gasteiger partial charge in [-0.3, -0.25) is 9.89 Å². The summed E-state index contributed by atoms with van der Waals surface area (Å²) in [6, 6.07) is 20.3. The largest absolute Gasteiger partial charge is 0.489 e. The number of hydrogen-bond acceptors (Lipinski definition) is 5. The van der Waals surface area contributed by atoms with Crippen LogP contribution in [0.25, 0.3) is 0 Å². The van der Waals surface area contributed by atoms with Gasteiger partial charge in [0.1, 0.15) is 18.6 Å². The lowest BCUT2D eigenvalue weighted by Crippen LogP contribution is -2.52. The van der Waals surface area contributed by atoms with Crippen LogP contribution in [0.5, 0.6) is 5.75 Å². The van der Waals surface area contributed by atoms with E-state index in [0.717, 1.165) is 61.3 Å². The van der Waals surface area contributed by atoms with Gasteiger partial charge in [0.25, 0.3) is 0 Å². The highest BCUT2D eigenvalue weighted by Crippen LogP contribution is 2.15. The molecule has 3 aromatic rings. The van der Waals surface area contributed by atoms with Crippen LogP contribution in [-0.4, -0.2) is 54.1 Å². The molecule has 7 nitrogen and oxygen atoms in total. The molecule has 0 bridgehead atoms. The number of hydrogen-bond donors (Lipinski definition) is 1. The second-order valence-corrected chi connectivity index (χ2v) is 7.58. The summed E-state index contributed by atoms with van der Waals surface area (Å²) in [5.41, 5.74) is 3.30. The molecule has 0 amide bonds. The molecule has 0 aliphatic carbocycles. The number of benzene rings is 2. The third-order valence-corrected chi connectivity index (χ3v) is 5.36. The third-order valence-electron chi connectivity index (χ3n) is 5.36. The van der Waals surface area contributed by atoms with E-state index < -0.39 is 0 Å². The van der Waals surface area contributed by atoms with Gasteiger partial charge in [0.2, 0.25) is 0 Å². The first-order chi connectivity index (χ1) is 15.3. The number of piperazine rings is 1. The van der Waals surface area contributed by atoms with E-state index in [4.69, 9.17) is 9.26 Å². The van der Waals surface area contributed by atoms with Crippen LogP contribution in [0.1, 0.15) is 16.8 Å². The van der Waals surface area contributed by atoms with Gasteiger partial charge in [-0.25, -0.2) is 0 Å². The molecule has 1 saturated heterocycles. The summed E-state index contributed by atoms with van der Waals surface area (Å²) in [5.74, 6) is 1.80. The Bertz CT molecular complexity index is 958. The number of nitrogens with zero attached hydrogens (tertiary/aromatic N) is 4. The van der Waals surface area contributed by atoms with E-state index in [-0.39, 0.29) is 24.0 Å². The van der Waals surface area contributed by atoms with E-state index in [1.165, 1.54) is 0 Å². The molecule has 4 rings (SSSR count). The molecule has 1 N–H and O–H groups in total. The van der Waals surface area contributed by atoms with Crippen molar-refractivity contribution >= 4 is 29.9 Å². The van der Waals surface area contributed by atoms with Crippen molar-refractivity contribution < 1.29 is 9.26 Å². The van der Waals surface area contributed by atoms with Gasteiger partial charge >= 0.3 is 0 Å². The van der Waals surface area contributed by atoms with E-state index in [1.807, 2.05) is 43.4 Å². The Hall–Kier alpha value is -2.59. The van der Waals surface area contributed by atoms with E-state index in [9.17, 15) is 0 Å². The Morgan fingerprint density at radius 1 is 1.03 bits per heavy atom. The molecule has 0 unspecified atom stereocenters. The van der Waals surface area contributed by atoms with Crippen molar-refractivity contribution in [2.75, 3.05) is 33.2 Å². The quantitative estimate of drug-likeness (QED) is 0.276. The second kappa shape index (κ2) is 12.4. The second-order valence-electron chi connectivity index (χ2n) is 7.58. The lowest BCUT2D eigenvalue weighted by Gasteiger charge is -2.36. The molecular formula is C24H30IN5O2. The van der Waals surface area contributed by atoms with Gasteiger partial charge in [-0.2, -0.15) is 0 Å². The molecule has 0 saturated carbocycles. The van der Waals surface area contributed by atoms with Gasteiger partial charge in [0.15, 0.2) is 5.96 Å². The highest BCUT2D eigenvalue weighted by Gasteiger charge is 2.20. The summed E-state index contributed by atoms with van der Waals surface area (Å²) in [7, 11) is 1.84. The molecule has 1 aromatic heterocycles. The van der Waals surface area contributed by atoms with Crippen LogP contribution in [0.4, 0.5) is 0 Å². The van der Waals surface area contributed by atoms with Gasteiger partial charge in [-0.1, -0.05) is 47.6 Å². The fourth-order valence-electron chi connectivity index (χ4n) is 3.67. The third kappa shape index (κ3) is 6.96. The zero-order valence-electron chi connectivity index (χ0n) is 18.3. The Kier molecular flexibility index (Phi) is 9.36. The maximum atomic E-state index is 5.95. The highest BCUT2D eigenvalue weighted by atomic mass is 127. The lowest BCUT2D eigenvalue weighted by molar-refractivity contribution is 0.169. The molecule has 0 spiro atoms. The van der Waals surface area contributed by atoms with Gasteiger partial charge in [0.05, 0.1) is 5.69 Å². The topological polar surface area (TPSA) is 66.1 Å². The number of ether oxygens (including phenoxy) is 1. The first-order valence-electron chi connectivity index (χ1n) is 10.6. The maximum absolute atomic E-state index is 5.95. The molecule has 0 atom stereocenters. The molecule has 1 fully saturated rings. The smallest absolute Gasteiger partial charge is 0.194 e. The van der Waals surface area contributed by atoms with Crippen LogP contribution < -0.4 is 10.1 Å². The average Bonchev–Trinajstić information content (AvgIpc) is 3.33. The van der Waals surface area contributed by atoms with Gasteiger partial charge in [-0.05, 0) is 23.3 Å². The zero-order chi connectivity index (χ0) is 21.3. The van der Waals surface area contributed by atoms with E-state index in [0.29, 0.717) is 13.2 Å². The maximum Gasteiger partial charge on any atom is 0.194 e. The van der Waals surface area contributed by atoms with Crippen molar-refractivity contribution in [3.05, 3.63) is 83.7 Å². The Morgan fingerprint density at radius 3 is 2.53 bits per heavy atom. The number of aliphatic imine (C=N–C) groups is 1. The molecule has 2 aromatic carbocycles. The minimum Gasteiger partial charge on any atom is -0.489 e. The number of nitrogens with one attached hydrogen (secondary N) is 1. The summed E-state index contributed by atoms with van der Waals surface area (Å²) >= 11 is 0.